The monoisotopic (exact) mass is 196 g/mol. The van der Waals surface area contributed by atoms with Gasteiger partial charge in [-0.25, -0.2) is 4.39 Å². The Morgan fingerprint density at radius 1 is 1.54 bits per heavy atom. The topological polar surface area (TPSA) is 9.23 Å². The Bertz CT molecular complexity index is 168. The van der Waals surface area contributed by atoms with Crippen LogP contribution >= 0.6 is 0 Å². The highest BCUT2D eigenvalue weighted by molar-refractivity contribution is 4.96. The smallest absolute Gasteiger partial charge is 0.320 e. The molecular weight excluding hydrogens is 181 g/mol. The maximum atomic E-state index is 12.5. The van der Waals surface area contributed by atoms with Crippen molar-refractivity contribution in [1.82, 2.24) is 0 Å². The molecule has 0 rings (SSSR count). The molecular formula is C9H15F3O. The molecule has 0 aromatic rings. The lowest BCUT2D eigenvalue weighted by Gasteiger charge is -2.15. The van der Waals surface area contributed by atoms with Crippen molar-refractivity contribution in [2.75, 3.05) is 13.2 Å². The van der Waals surface area contributed by atoms with Crippen LogP contribution in [0.4, 0.5) is 13.2 Å². The Balaban J connectivity index is 3.70. The van der Waals surface area contributed by atoms with Crippen LogP contribution in [0.15, 0.2) is 12.4 Å². The van der Waals surface area contributed by atoms with Crippen molar-refractivity contribution >= 4 is 0 Å². The molecule has 0 aliphatic rings. The molecule has 1 atom stereocenters. The third-order valence-electron chi connectivity index (χ3n) is 1.78. The highest BCUT2D eigenvalue weighted by Gasteiger charge is 2.33. The highest BCUT2D eigenvalue weighted by atomic mass is 19.3. The molecule has 0 saturated heterocycles. The quantitative estimate of drug-likeness (QED) is 0.634. The minimum absolute atomic E-state index is 0.212. The fourth-order valence-electron chi connectivity index (χ4n) is 0.584. The summed E-state index contributed by atoms with van der Waals surface area (Å²) in [6, 6.07) is 0. The van der Waals surface area contributed by atoms with E-state index in [1.807, 2.05) is 13.8 Å². The Morgan fingerprint density at radius 3 is 2.46 bits per heavy atom. The zero-order chi connectivity index (χ0) is 10.5. The molecule has 0 aromatic carbocycles. The standard InChI is InChI=1S/C9H15F3O/c1-4-7(2)5-13-6-9(11,12)8(3)10/h7H,3-6H2,1-2H3. The SMILES string of the molecule is C=C(F)C(F)(F)COCC(C)CC. The Labute approximate surface area is 76.6 Å². The normalized spacial score (nSPS) is 14.2. The van der Waals surface area contributed by atoms with Crippen molar-refractivity contribution in [2.24, 2.45) is 5.92 Å². The van der Waals surface area contributed by atoms with Gasteiger partial charge < -0.3 is 4.74 Å². The van der Waals surface area contributed by atoms with E-state index in [2.05, 4.69) is 11.3 Å². The molecule has 0 bridgehead atoms. The summed E-state index contributed by atoms with van der Waals surface area (Å²) in [5, 5.41) is 0. The molecule has 1 unspecified atom stereocenters. The van der Waals surface area contributed by atoms with Gasteiger partial charge >= 0.3 is 5.92 Å². The molecule has 0 fully saturated rings. The van der Waals surface area contributed by atoms with Gasteiger partial charge in [-0.15, -0.1) is 0 Å². The van der Waals surface area contributed by atoms with E-state index in [1.54, 1.807) is 0 Å². The maximum absolute atomic E-state index is 12.5. The van der Waals surface area contributed by atoms with Gasteiger partial charge in [0.1, 0.15) is 6.61 Å². The van der Waals surface area contributed by atoms with Crippen LogP contribution in [0.1, 0.15) is 20.3 Å². The van der Waals surface area contributed by atoms with E-state index in [1.165, 1.54) is 0 Å². The fourth-order valence-corrected chi connectivity index (χ4v) is 0.584. The number of alkyl halides is 2. The van der Waals surface area contributed by atoms with Crippen molar-refractivity contribution < 1.29 is 17.9 Å². The summed E-state index contributed by atoms with van der Waals surface area (Å²) in [5.41, 5.74) is 0. The van der Waals surface area contributed by atoms with Crippen LogP contribution in [-0.2, 0) is 4.74 Å². The van der Waals surface area contributed by atoms with E-state index in [-0.39, 0.29) is 12.5 Å². The largest absolute Gasteiger partial charge is 0.374 e. The first-order valence-electron chi connectivity index (χ1n) is 4.20. The predicted molar refractivity (Wildman–Crippen MR) is 45.5 cm³/mol. The molecule has 0 heterocycles. The van der Waals surface area contributed by atoms with Gasteiger partial charge in [-0.1, -0.05) is 26.8 Å². The summed E-state index contributed by atoms with van der Waals surface area (Å²) < 4.78 is 41.7. The average molecular weight is 196 g/mol. The molecule has 0 radical (unpaired) electrons. The molecule has 0 spiro atoms. The van der Waals surface area contributed by atoms with Gasteiger partial charge in [-0.05, 0) is 5.92 Å². The van der Waals surface area contributed by atoms with Crippen molar-refractivity contribution in [2.45, 2.75) is 26.2 Å². The van der Waals surface area contributed by atoms with Crippen LogP contribution in [0, 0.1) is 5.92 Å². The molecule has 0 amide bonds. The number of rotatable bonds is 6. The van der Waals surface area contributed by atoms with E-state index >= 15 is 0 Å². The number of halogens is 3. The second-order valence-corrected chi connectivity index (χ2v) is 3.14. The van der Waals surface area contributed by atoms with Crippen LogP contribution in [0.25, 0.3) is 0 Å². The lowest BCUT2D eigenvalue weighted by Crippen LogP contribution is -2.25. The Hall–Kier alpha value is -0.510. The molecule has 0 aromatic heterocycles. The summed E-state index contributed by atoms with van der Waals surface area (Å²) in [6.07, 6.45) is 0.849. The van der Waals surface area contributed by atoms with Gasteiger partial charge in [0.15, 0.2) is 5.83 Å². The first-order chi connectivity index (χ1) is 5.90. The first-order valence-corrected chi connectivity index (χ1v) is 4.20. The second kappa shape index (κ2) is 5.27. The maximum Gasteiger partial charge on any atom is 0.320 e. The van der Waals surface area contributed by atoms with Crippen LogP contribution in [0.2, 0.25) is 0 Å². The molecule has 13 heavy (non-hydrogen) atoms. The summed E-state index contributed by atoms with van der Waals surface area (Å²) in [5.74, 6) is -4.98. The van der Waals surface area contributed by atoms with Gasteiger partial charge in [-0.2, -0.15) is 8.78 Å². The number of hydrogen-bond donors (Lipinski definition) is 0. The third-order valence-corrected chi connectivity index (χ3v) is 1.78. The van der Waals surface area contributed by atoms with Crippen LogP contribution in [-0.4, -0.2) is 19.1 Å². The van der Waals surface area contributed by atoms with E-state index in [4.69, 9.17) is 0 Å². The van der Waals surface area contributed by atoms with E-state index < -0.39 is 18.4 Å². The van der Waals surface area contributed by atoms with E-state index in [0.29, 0.717) is 0 Å². The van der Waals surface area contributed by atoms with Gasteiger partial charge in [-0.3, -0.25) is 0 Å². The van der Waals surface area contributed by atoms with Crippen molar-refractivity contribution in [3.63, 3.8) is 0 Å². The number of ether oxygens (including phenoxy) is 1. The zero-order valence-electron chi connectivity index (χ0n) is 7.95. The predicted octanol–water partition coefficient (Wildman–Crippen LogP) is 3.17. The molecule has 1 nitrogen and oxygen atoms in total. The fraction of sp³-hybridized carbons (Fsp3) is 0.778. The Kier molecular flexibility index (Phi) is 5.06. The first kappa shape index (κ1) is 12.5. The number of hydrogen-bond acceptors (Lipinski definition) is 1. The lowest BCUT2D eigenvalue weighted by atomic mass is 10.1. The molecule has 0 N–H and O–H groups in total. The Morgan fingerprint density at radius 2 is 2.08 bits per heavy atom. The van der Waals surface area contributed by atoms with Gasteiger partial charge in [0.25, 0.3) is 0 Å². The van der Waals surface area contributed by atoms with Crippen LogP contribution < -0.4 is 0 Å². The second-order valence-electron chi connectivity index (χ2n) is 3.14. The van der Waals surface area contributed by atoms with Crippen molar-refractivity contribution in [3.8, 4) is 0 Å². The van der Waals surface area contributed by atoms with Crippen LogP contribution in [0.5, 0.6) is 0 Å². The van der Waals surface area contributed by atoms with E-state index in [9.17, 15) is 13.2 Å². The average Bonchev–Trinajstić information content (AvgIpc) is 2.03. The third kappa shape index (κ3) is 4.93. The summed E-state index contributed by atoms with van der Waals surface area (Å²) >= 11 is 0. The molecule has 0 saturated carbocycles. The minimum atomic E-state index is -3.55. The summed E-state index contributed by atoms with van der Waals surface area (Å²) in [7, 11) is 0. The molecule has 0 aliphatic heterocycles. The lowest BCUT2D eigenvalue weighted by molar-refractivity contribution is -0.0678. The minimum Gasteiger partial charge on any atom is -0.374 e. The van der Waals surface area contributed by atoms with Crippen molar-refractivity contribution in [1.29, 1.82) is 0 Å². The van der Waals surface area contributed by atoms with Crippen molar-refractivity contribution in [3.05, 3.63) is 12.4 Å². The highest BCUT2D eigenvalue weighted by Crippen LogP contribution is 2.23. The van der Waals surface area contributed by atoms with Gasteiger partial charge in [0, 0.05) is 6.61 Å². The summed E-state index contributed by atoms with van der Waals surface area (Å²) in [6.45, 7) is 5.65. The molecule has 4 heteroatoms. The zero-order valence-corrected chi connectivity index (χ0v) is 7.95. The van der Waals surface area contributed by atoms with Gasteiger partial charge in [0.05, 0.1) is 0 Å². The van der Waals surface area contributed by atoms with Gasteiger partial charge in [0.2, 0.25) is 0 Å². The van der Waals surface area contributed by atoms with E-state index in [0.717, 1.165) is 6.42 Å². The summed E-state index contributed by atoms with van der Waals surface area (Å²) in [4.78, 5) is 0. The molecule has 0 aliphatic carbocycles. The van der Waals surface area contributed by atoms with Crippen LogP contribution in [0.3, 0.4) is 0 Å². The molecule has 78 valence electrons.